The van der Waals surface area contributed by atoms with E-state index in [1.807, 2.05) is 4.90 Å². The summed E-state index contributed by atoms with van der Waals surface area (Å²) in [7, 11) is 0. The van der Waals surface area contributed by atoms with E-state index < -0.39 is 6.17 Å². The standard InChI is InChI=1S/C16H19FN4O2/c1-11-15(2-3-23-11)16(22)20-7-14-4-13(17)9-21(14)8-12-5-18-10-19-6-12/h2-3,5-6,10,13-14H,4,7-9H2,1H3,(H,20,22)/t13-,14-/m0/s1. The van der Waals surface area contributed by atoms with Gasteiger partial charge in [-0.2, -0.15) is 0 Å². The number of alkyl halides is 1. The summed E-state index contributed by atoms with van der Waals surface area (Å²) in [6.07, 6.45) is 5.94. The fourth-order valence-corrected chi connectivity index (χ4v) is 2.90. The van der Waals surface area contributed by atoms with Gasteiger partial charge in [-0.15, -0.1) is 0 Å². The molecule has 2 aromatic rings. The summed E-state index contributed by atoms with van der Waals surface area (Å²) >= 11 is 0. The van der Waals surface area contributed by atoms with Crippen LogP contribution in [0, 0.1) is 6.92 Å². The first-order valence-electron chi connectivity index (χ1n) is 7.58. The number of hydrogen-bond acceptors (Lipinski definition) is 5. The van der Waals surface area contributed by atoms with Gasteiger partial charge in [-0.25, -0.2) is 14.4 Å². The summed E-state index contributed by atoms with van der Waals surface area (Å²) in [5.41, 5.74) is 1.45. The molecule has 0 spiro atoms. The fraction of sp³-hybridized carbons (Fsp3) is 0.438. The Morgan fingerprint density at radius 3 is 2.96 bits per heavy atom. The van der Waals surface area contributed by atoms with E-state index in [4.69, 9.17) is 4.42 Å². The molecule has 1 fully saturated rings. The molecular weight excluding hydrogens is 299 g/mol. The van der Waals surface area contributed by atoms with Crippen LogP contribution in [0.4, 0.5) is 4.39 Å². The average molecular weight is 318 g/mol. The number of rotatable bonds is 5. The molecule has 0 saturated carbocycles. The second kappa shape index (κ2) is 6.87. The summed E-state index contributed by atoms with van der Waals surface area (Å²) in [6, 6.07) is 1.59. The minimum atomic E-state index is -0.878. The van der Waals surface area contributed by atoms with Crippen LogP contribution in [0.5, 0.6) is 0 Å². The predicted molar refractivity (Wildman–Crippen MR) is 81.5 cm³/mol. The van der Waals surface area contributed by atoms with Gasteiger partial charge in [-0.05, 0) is 19.4 Å². The third-order valence-corrected chi connectivity index (χ3v) is 4.08. The number of nitrogens with one attached hydrogen (secondary N) is 1. The van der Waals surface area contributed by atoms with Crippen LogP contribution in [0.1, 0.15) is 28.1 Å². The lowest BCUT2D eigenvalue weighted by Crippen LogP contribution is -2.39. The van der Waals surface area contributed by atoms with Crippen molar-refractivity contribution in [2.24, 2.45) is 0 Å². The molecule has 6 nitrogen and oxygen atoms in total. The number of carbonyl (C=O) groups excluding carboxylic acids is 1. The fourth-order valence-electron chi connectivity index (χ4n) is 2.90. The summed E-state index contributed by atoms with van der Waals surface area (Å²) in [6.45, 7) is 3.08. The summed E-state index contributed by atoms with van der Waals surface area (Å²) < 4.78 is 18.9. The average Bonchev–Trinajstić information content (AvgIpc) is 3.12. The van der Waals surface area contributed by atoms with E-state index in [1.165, 1.54) is 12.6 Å². The molecule has 1 aliphatic heterocycles. The number of hydrogen-bond donors (Lipinski definition) is 1. The molecule has 0 aromatic carbocycles. The van der Waals surface area contributed by atoms with E-state index in [9.17, 15) is 9.18 Å². The zero-order valence-corrected chi connectivity index (χ0v) is 12.9. The monoisotopic (exact) mass is 318 g/mol. The lowest BCUT2D eigenvalue weighted by Gasteiger charge is -2.24. The number of amides is 1. The Kier molecular flexibility index (Phi) is 4.66. The van der Waals surface area contributed by atoms with Gasteiger partial charge in [0.05, 0.1) is 11.8 Å². The number of carbonyl (C=O) groups is 1. The second-order valence-electron chi connectivity index (χ2n) is 5.76. The Balaban J connectivity index is 1.59. The number of halogens is 1. The first kappa shape index (κ1) is 15.6. The van der Waals surface area contributed by atoms with Crippen molar-refractivity contribution < 1.29 is 13.6 Å². The quantitative estimate of drug-likeness (QED) is 0.909. The molecule has 23 heavy (non-hydrogen) atoms. The van der Waals surface area contributed by atoms with Crippen LogP contribution in [-0.4, -0.2) is 46.1 Å². The minimum Gasteiger partial charge on any atom is -0.469 e. The highest BCUT2D eigenvalue weighted by molar-refractivity contribution is 5.95. The Hall–Kier alpha value is -2.28. The van der Waals surface area contributed by atoms with Crippen LogP contribution >= 0.6 is 0 Å². The van der Waals surface area contributed by atoms with Crippen molar-refractivity contribution in [2.45, 2.75) is 32.1 Å². The molecule has 1 amide bonds. The highest BCUT2D eigenvalue weighted by Gasteiger charge is 2.32. The van der Waals surface area contributed by atoms with Crippen LogP contribution in [-0.2, 0) is 6.54 Å². The molecule has 2 atom stereocenters. The first-order chi connectivity index (χ1) is 11.1. The van der Waals surface area contributed by atoms with Crippen molar-refractivity contribution in [3.63, 3.8) is 0 Å². The Labute approximate surface area is 133 Å². The Bertz CT molecular complexity index is 661. The molecule has 3 rings (SSSR count). The Morgan fingerprint density at radius 1 is 1.48 bits per heavy atom. The van der Waals surface area contributed by atoms with Gasteiger partial charge in [0.2, 0.25) is 0 Å². The largest absolute Gasteiger partial charge is 0.469 e. The normalized spacial score (nSPS) is 21.5. The molecule has 1 N–H and O–H groups in total. The zero-order chi connectivity index (χ0) is 16.2. The van der Waals surface area contributed by atoms with Crippen molar-refractivity contribution in [3.8, 4) is 0 Å². The third kappa shape index (κ3) is 3.73. The lowest BCUT2D eigenvalue weighted by atomic mass is 10.2. The van der Waals surface area contributed by atoms with Crippen molar-refractivity contribution >= 4 is 5.91 Å². The maximum absolute atomic E-state index is 13.8. The number of likely N-dealkylation sites (tertiary alicyclic amines) is 1. The van der Waals surface area contributed by atoms with E-state index in [-0.39, 0.29) is 11.9 Å². The van der Waals surface area contributed by atoms with Crippen LogP contribution in [0.25, 0.3) is 0 Å². The van der Waals surface area contributed by atoms with Gasteiger partial charge in [-0.1, -0.05) is 0 Å². The molecule has 0 aliphatic carbocycles. The maximum Gasteiger partial charge on any atom is 0.254 e. The molecule has 7 heteroatoms. The summed E-state index contributed by atoms with van der Waals surface area (Å²) in [5.74, 6) is 0.386. The lowest BCUT2D eigenvalue weighted by molar-refractivity contribution is 0.0938. The van der Waals surface area contributed by atoms with Crippen molar-refractivity contribution in [1.29, 1.82) is 0 Å². The van der Waals surface area contributed by atoms with E-state index in [1.54, 1.807) is 25.4 Å². The topological polar surface area (TPSA) is 71.3 Å². The summed E-state index contributed by atoms with van der Waals surface area (Å²) in [4.78, 5) is 22.1. The molecule has 0 bridgehead atoms. The SMILES string of the molecule is Cc1occc1C(=O)NC[C@@H]1C[C@H](F)CN1Cc1cncnc1. The molecule has 1 aliphatic rings. The molecule has 0 unspecified atom stereocenters. The van der Waals surface area contributed by atoms with E-state index in [0.29, 0.717) is 37.4 Å². The van der Waals surface area contributed by atoms with Crippen LogP contribution in [0.3, 0.4) is 0 Å². The van der Waals surface area contributed by atoms with Crippen molar-refractivity contribution in [3.05, 3.63) is 47.9 Å². The predicted octanol–water partition coefficient (Wildman–Crippen LogP) is 1.72. The summed E-state index contributed by atoms with van der Waals surface area (Å²) in [5, 5.41) is 2.87. The van der Waals surface area contributed by atoms with Crippen LogP contribution < -0.4 is 5.32 Å². The van der Waals surface area contributed by atoms with E-state index in [0.717, 1.165) is 5.56 Å². The smallest absolute Gasteiger partial charge is 0.254 e. The first-order valence-corrected chi connectivity index (χ1v) is 7.58. The third-order valence-electron chi connectivity index (χ3n) is 4.08. The molecule has 3 heterocycles. The number of aryl methyl sites for hydroxylation is 1. The van der Waals surface area contributed by atoms with Crippen molar-refractivity contribution in [1.82, 2.24) is 20.2 Å². The van der Waals surface area contributed by atoms with Gasteiger partial charge >= 0.3 is 0 Å². The molecule has 2 aromatic heterocycles. The highest BCUT2D eigenvalue weighted by Crippen LogP contribution is 2.22. The van der Waals surface area contributed by atoms with Gasteiger partial charge in [0, 0.05) is 43.6 Å². The number of furan rings is 1. The van der Waals surface area contributed by atoms with Gasteiger partial charge < -0.3 is 9.73 Å². The minimum absolute atomic E-state index is 0.0404. The number of nitrogens with zero attached hydrogens (tertiary/aromatic N) is 3. The van der Waals surface area contributed by atoms with E-state index in [2.05, 4.69) is 15.3 Å². The van der Waals surface area contributed by atoms with E-state index >= 15 is 0 Å². The maximum atomic E-state index is 13.8. The van der Waals surface area contributed by atoms with Crippen molar-refractivity contribution in [2.75, 3.05) is 13.1 Å². The molecule has 1 saturated heterocycles. The number of aromatic nitrogens is 2. The molecular formula is C16H19FN4O2. The van der Waals surface area contributed by atoms with Gasteiger partial charge in [-0.3, -0.25) is 9.69 Å². The van der Waals surface area contributed by atoms with Crippen LogP contribution in [0.2, 0.25) is 0 Å². The molecule has 122 valence electrons. The Morgan fingerprint density at radius 2 is 2.26 bits per heavy atom. The zero-order valence-electron chi connectivity index (χ0n) is 12.9. The van der Waals surface area contributed by atoms with Gasteiger partial charge in [0.25, 0.3) is 5.91 Å². The van der Waals surface area contributed by atoms with Gasteiger partial charge in [0.1, 0.15) is 18.3 Å². The molecule has 0 radical (unpaired) electrons. The highest BCUT2D eigenvalue weighted by atomic mass is 19.1. The van der Waals surface area contributed by atoms with Gasteiger partial charge in [0.15, 0.2) is 0 Å². The second-order valence-corrected chi connectivity index (χ2v) is 5.76. The van der Waals surface area contributed by atoms with Crippen LogP contribution in [0.15, 0.2) is 35.5 Å².